The summed E-state index contributed by atoms with van der Waals surface area (Å²) in [6, 6.07) is 27.3. The van der Waals surface area contributed by atoms with Gasteiger partial charge in [-0.2, -0.15) is 0 Å². The predicted molar refractivity (Wildman–Crippen MR) is 146 cm³/mol. The highest BCUT2D eigenvalue weighted by Gasteiger charge is 2.42. The van der Waals surface area contributed by atoms with Gasteiger partial charge in [0.1, 0.15) is 5.75 Å². The maximum absolute atomic E-state index is 11.5. The minimum Gasteiger partial charge on any atom is -0.497 e. The number of aromatic nitrogens is 1. The molecular formula is C32H32N2O2. The Hall–Kier alpha value is -3.47. The number of pyridine rings is 1. The third kappa shape index (κ3) is 4.43. The Bertz CT molecular complexity index is 1370. The zero-order chi connectivity index (χ0) is 24.5. The molecule has 182 valence electrons. The molecule has 1 unspecified atom stereocenters. The SMILES string of the molecule is COc1ccc2nccc([C@H](O)[C@H]3C[C@@H]4CCN3C[C@@H]4/C=C/c3ccc(-c4ccccc4)cc3)c2c1. The van der Waals surface area contributed by atoms with E-state index in [0.717, 1.165) is 41.7 Å². The molecule has 0 aliphatic carbocycles. The molecule has 4 heterocycles. The molecule has 0 saturated carbocycles. The van der Waals surface area contributed by atoms with Crippen molar-refractivity contribution in [3.63, 3.8) is 0 Å². The average Bonchev–Trinajstić information content (AvgIpc) is 2.96. The van der Waals surface area contributed by atoms with Gasteiger partial charge in [0.05, 0.1) is 18.7 Å². The Morgan fingerprint density at radius 2 is 1.81 bits per heavy atom. The van der Waals surface area contributed by atoms with Crippen molar-refractivity contribution in [1.29, 1.82) is 0 Å². The van der Waals surface area contributed by atoms with Crippen molar-refractivity contribution in [3.8, 4) is 16.9 Å². The number of fused-ring (bicyclic) bond motifs is 4. The van der Waals surface area contributed by atoms with Gasteiger partial charge in [0, 0.05) is 24.2 Å². The number of ether oxygens (including phenoxy) is 1. The third-order valence-corrected chi connectivity index (χ3v) is 8.07. The maximum Gasteiger partial charge on any atom is 0.119 e. The van der Waals surface area contributed by atoms with Gasteiger partial charge in [-0.25, -0.2) is 0 Å². The summed E-state index contributed by atoms with van der Waals surface area (Å²) in [7, 11) is 1.67. The summed E-state index contributed by atoms with van der Waals surface area (Å²) in [6.45, 7) is 2.05. The van der Waals surface area contributed by atoms with Crippen LogP contribution in [0.1, 0.15) is 30.1 Å². The van der Waals surface area contributed by atoms with E-state index in [0.29, 0.717) is 11.8 Å². The average molecular weight is 477 g/mol. The molecule has 3 fully saturated rings. The van der Waals surface area contributed by atoms with Crippen molar-refractivity contribution >= 4 is 17.0 Å². The van der Waals surface area contributed by atoms with Crippen LogP contribution in [0.2, 0.25) is 0 Å². The lowest BCUT2D eigenvalue weighted by atomic mass is 9.73. The zero-order valence-electron chi connectivity index (χ0n) is 20.6. The van der Waals surface area contributed by atoms with Crippen LogP contribution in [0.3, 0.4) is 0 Å². The van der Waals surface area contributed by atoms with Crippen LogP contribution in [0.15, 0.2) is 91.1 Å². The summed E-state index contributed by atoms with van der Waals surface area (Å²) in [4.78, 5) is 6.98. The molecule has 0 radical (unpaired) electrons. The highest BCUT2D eigenvalue weighted by atomic mass is 16.5. The summed E-state index contributed by atoms with van der Waals surface area (Å²) in [5.74, 6) is 1.90. The molecular weight excluding hydrogens is 444 g/mol. The lowest BCUT2D eigenvalue weighted by molar-refractivity contribution is -0.0444. The number of piperidine rings is 3. The Morgan fingerprint density at radius 3 is 2.56 bits per heavy atom. The van der Waals surface area contributed by atoms with Gasteiger partial charge in [-0.3, -0.25) is 9.88 Å². The molecule has 4 heteroatoms. The van der Waals surface area contributed by atoms with E-state index in [1.54, 1.807) is 13.3 Å². The normalized spacial score (nSPS) is 24.3. The summed E-state index contributed by atoms with van der Waals surface area (Å²) in [6.07, 6.45) is 8.13. The van der Waals surface area contributed by atoms with Crippen LogP contribution >= 0.6 is 0 Å². The smallest absolute Gasteiger partial charge is 0.119 e. The number of benzene rings is 3. The van der Waals surface area contributed by atoms with Crippen molar-refractivity contribution in [1.82, 2.24) is 9.88 Å². The van der Waals surface area contributed by atoms with Gasteiger partial charge in [0.2, 0.25) is 0 Å². The number of hydrogen-bond acceptors (Lipinski definition) is 4. The highest BCUT2D eigenvalue weighted by molar-refractivity contribution is 5.84. The first kappa shape index (κ1) is 23.0. The molecule has 3 aromatic carbocycles. The number of aliphatic hydroxyl groups excluding tert-OH is 1. The quantitative estimate of drug-likeness (QED) is 0.351. The van der Waals surface area contributed by atoms with Gasteiger partial charge >= 0.3 is 0 Å². The summed E-state index contributed by atoms with van der Waals surface area (Å²) < 4.78 is 5.43. The monoisotopic (exact) mass is 476 g/mol. The maximum atomic E-state index is 11.5. The van der Waals surface area contributed by atoms with Crippen molar-refractivity contribution < 1.29 is 9.84 Å². The minimum absolute atomic E-state index is 0.135. The first-order valence-electron chi connectivity index (χ1n) is 12.9. The third-order valence-electron chi connectivity index (χ3n) is 8.07. The second-order valence-corrected chi connectivity index (χ2v) is 10.1. The second kappa shape index (κ2) is 9.88. The van der Waals surface area contributed by atoms with E-state index < -0.39 is 6.10 Å². The van der Waals surface area contributed by atoms with Crippen LogP contribution in [0.5, 0.6) is 5.75 Å². The zero-order valence-corrected chi connectivity index (χ0v) is 20.6. The lowest BCUT2D eigenvalue weighted by Gasteiger charge is -2.50. The van der Waals surface area contributed by atoms with E-state index in [-0.39, 0.29) is 6.04 Å². The molecule has 3 aliphatic rings. The molecule has 0 amide bonds. The number of aliphatic hydroxyl groups is 1. The lowest BCUT2D eigenvalue weighted by Crippen LogP contribution is -2.54. The Labute approximate surface area is 212 Å². The second-order valence-electron chi connectivity index (χ2n) is 10.1. The van der Waals surface area contributed by atoms with Crippen LogP contribution in [0.25, 0.3) is 28.1 Å². The first-order valence-corrected chi connectivity index (χ1v) is 12.9. The Morgan fingerprint density at radius 1 is 1.00 bits per heavy atom. The number of methoxy groups -OCH3 is 1. The van der Waals surface area contributed by atoms with Gasteiger partial charge in [0.15, 0.2) is 0 Å². The first-order chi connectivity index (χ1) is 17.7. The van der Waals surface area contributed by atoms with Crippen LogP contribution in [-0.4, -0.2) is 41.2 Å². The molecule has 1 aromatic heterocycles. The van der Waals surface area contributed by atoms with Crippen molar-refractivity contribution in [2.24, 2.45) is 11.8 Å². The highest BCUT2D eigenvalue weighted by Crippen LogP contribution is 2.42. The summed E-state index contributed by atoms with van der Waals surface area (Å²) >= 11 is 0. The van der Waals surface area contributed by atoms with Crippen molar-refractivity contribution in [2.45, 2.75) is 25.0 Å². The van der Waals surface area contributed by atoms with Crippen LogP contribution in [-0.2, 0) is 0 Å². The largest absolute Gasteiger partial charge is 0.497 e. The van der Waals surface area contributed by atoms with E-state index in [1.165, 1.54) is 23.1 Å². The Kier molecular flexibility index (Phi) is 6.30. The number of rotatable bonds is 6. The molecule has 3 saturated heterocycles. The Balaban J connectivity index is 1.16. The standard InChI is InChI=1S/C32H32N2O2/c1-36-27-13-14-30-29(20-27)28(15-17-33-30)32(35)31-19-25-16-18-34(31)21-26(25)12-9-22-7-10-24(11-8-22)23-5-3-2-4-6-23/h2-15,17,20,25-26,31-32,35H,16,18-19,21H2,1H3/b12-9+/t25-,26-,31+,32-/m0/s1. The van der Waals surface area contributed by atoms with Crippen LogP contribution < -0.4 is 4.74 Å². The van der Waals surface area contributed by atoms with Gasteiger partial charge in [-0.1, -0.05) is 66.7 Å². The topological polar surface area (TPSA) is 45.6 Å². The molecule has 2 bridgehead atoms. The predicted octanol–water partition coefficient (Wildman–Crippen LogP) is 6.37. The molecule has 5 atom stereocenters. The molecule has 1 N–H and O–H groups in total. The fourth-order valence-corrected chi connectivity index (χ4v) is 6.05. The summed E-state index contributed by atoms with van der Waals surface area (Å²) in [5, 5.41) is 12.5. The van der Waals surface area contributed by atoms with E-state index in [9.17, 15) is 5.11 Å². The van der Waals surface area contributed by atoms with E-state index >= 15 is 0 Å². The van der Waals surface area contributed by atoms with Gasteiger partial charge in [0.25, 0.3) is 0 Å². The molecule has 36 heavy (non-hydrogen) atoms. The van der Waals surface area contributed by atoms with Gasteiger partial charge in [-0.15, -0.1) is 0 Å². The molecule has 3 aliphatic heterocycles. The molecule has 0 spiro atoms. The van der Waals surface area contributed by atoms with E-state index in [4.69, 9.17) is 4.74 Å². The number of hydrogen-bond donors (Lipinski definition) is 1. The fourth-order valence-electron chi connectivity index (χ4n) is 6.05. The van der Waals surface area contributed by atoms with Gasteiger partial charge < -0.3 is 9.84 Å². The minimum atomic E-state index is -0.541. The van der Waals surface area contributed by atoms with Crippen molar-refractivity contribution in [2.75, 3.05) is 20.2 Å². The molecule has 7 rings (SSSR count). The van der Waals surface area contributed by atoms with Crippen LogP contribution in [0, 0.1) is 11.8 Å². The van der Waals surface area contributed by atoms with Crippen LogP contribution in [0.4, 0.5) is 0 Å². The molecule has 4 nitrogen and oxygen atoms in total. The summed E-state index contributed by atoms with van der Waals surface area (Å²) in [5.41, 5.74) is 5.56. The van der Waals surface area contributed by atoms with Gasteiger partial charge in [-0.05, 0) is 77.7 Å². The van der Waals surface area contributed by atoms with E-state index in [1.807, 2.05) is 24.3 Å². The van der Waals surface area contributed by atoms with Crippen molar-refractivity contribution in [3.05, 3.63) is 102 Å². The number of nitrogens with zero attached hydrogens (tertiary/aromatic N) is 2. The fraction of sp³-hybridized carbons (Fsp3) is 0.281. The molecule has 4 aromatic rings. The van der Waals surface area contributed by atoms with E-state index in [2.05, 4.69) is 76.6 Å².